The first-order chi connectivity index (χ1) is 23.4. The lowest BCUT2D eigenvalue weighted by molar-refractivity contribution is -0.138. The molecule has 5 rings (SSSR count). The van der Waals surface area contributed by atoms with E-state index in [2.05, 4.69) is 55.0 Å². The molecule has 260 valence electrons. The van der Waals surface area contributed by atoms with Crippen LogP contribution >= 0.6 is 0 Å². The molecule has 0 unspecified atom stereocenters. The van der Waals surface area contributed by atoms with Crippen molar-refractivity contribution in [3.8, 4) is 22.6 Å². The van der Waals surface area contributed by atoms with Gasteiger partial charge >= 0.3 is 12.1 Å². The summed E-state index contributed by atoms with van der Waals surface area (Å²) in [4.78, 5) is 21.8. The maximum absolute atomic E-state index is 13.9. The van der Waals surface area contributed by atoms with Gasteiger partial charge in [-0.25, -0.2) is 9.97 Å². The number of carboxylic acid groups (broad SMARTS) is 1. The van der Waals surface area contributed by atoms with Gasteiger partial charge in [0.1, 0.15) is 5.75 Å². The molecule has 1 aliphatic rings. The monoisotopic (exact) mass is 675 g/mol. The zero-order valence-corrected chi connectivity index (χ0v) is 28.5. The fraction of sp³-hybridized carbons (Fsp3) is 0.410. The summed E-state index contributed by atoms with van der Waals surface area (Å²) in [6.45, 7) is 8.63. The van der Waals surface area contributed by atoms with Crippen molar-refractivity contribution in [1.29, 1.82) is 0 Å². The van der Waals surface area contributed by atoms with Crippen molar-refractivity contribution in [2.75, 3.05) is 11.5 Å². The zero-order valence-electron chi connectivity index (χ0n) is 28.5. The highest BCUT2D eigenvalue weighted by Crippen LogP contribution is 2.36. The number of hydrogen-bond acceptors (Lipinski definition) is 6. The first kappa shape index (κ1) is 35.7. The number of aryl methyl sites for hydroxylation is 2. The number of rotatable bonds is 14. The number of ether oxygens (including phenoxy) is 2. The van der Waals surface area contributed by atoms with E-state index in [4.69, 9.17) is 14.6 Å². The van der Waals surface area contributed by atoms with Gasteiger partial charge in [-0.3, -0.25) is 4.79 Å². The molecule has 1 heterocycles. The van der Waals surface area contributed by atoms with Crippen molar-refractivity contribution in [3.63, 3.8) is 0 Å². The van der Waals surface area contributed by atoms with Gasteiger partial charge in [-0.2, -0.15) is 13.2 Å². The van der Waals surface area contributed by atoms with Gasteiger partial charge in [0.05, 0.1) is 30.7 Å². The number of nitrogens with zero attached hydrogens (tertiary/aromatic N) is 3. The van der Waals surface area contributed by atoms with Gasteiger partial charge in [0.25, 0.3) is 0 Å². The molecule has 0 saturated heterocycles. The quantitative estimate of drug-likeness (QED) is 0.133. The molecule has 1 aliphatic carbocycles. The van der Waals surface area contributed by atoms with E-state index in [0.717, 1.165) is 59.8 Å². The molecule has 1 saturated carbocycles. The summed E-state index contributed by atoms with van der Waals surface area (Å²) < 4.78 is 53.6. The lowest BCUT2D eigenvalue weighted by Crippen LogP contribution is -2.25. The normalized spacial score (nSPS) is 13.6. The van der Waals surface area contributed by atoms with E-state index >= 15 is 0 Å². The summed E-state index contributed by atoms with van der Waals surface area (Å²) in [5.74, 6) is 0.862. The summed E-state index contributed by atoms with van der Waals surface area (Å²) in [5, 5.41) is 8.91. The zero-order chi connectivity index (χ0) is 35.1. The Kier molecular flexibility index (Phi) is 11.5. The summed E-state index contributed by atoms with van der Waals surface area (Å²) >= 11 is 0. The van der Waals surface area contributed by atoms with E-state index in [9.17, 15) is 18.0 Å². The number of carbonyl (C=O) groups is 1. The van der Waals surface area contributed by atoms with E-state index in [1.165, 1.54) is 24.0 Å². The summed E-state index contributed by atoms with van der Waals surface area (Å²) in [6, 6.07) is 16.7. The SMILES string of the molecule is Cc1cc(CN(Cc2cc(OC3CCCC3)ccc2-c2cc(C(C)C)ccc2C)c2ncc(OCCCC(=O)O)cn2)cc(C(F)(F)F)c1. The van der Waals surface area contributed by atoms with Crippen LogP contribution in [0.5, 0.6) is 11.5 Å². The Morgan fingerprint density at radius 1 is 0.939 bits per heavy atom. The van der Waals surface area contributed by atoms with Gasteiger partial charge in [0.15, 0.2) is 5.75 Å². The lowest BCUT2D eigenvalue weighted by atomic mass is 9.91. The molecular formula is C39H44F3N3O4. The van der Waals surface area contributed by atoms with E-state index in [-0.39, 0.29) is 32.2 Å². The molecule has 4 aromatic rings. The maximum atomic E-state index is 13.9. The Hall–Kier alpha value is -4.60. The highest BCUT2D eigenvalue weighted by atomic mass is 19.4. The van der Waals surface area contributed by atoms with E-state index in [1.54, 1.807) is 13.0 Å². The number of aliphatic carboxylic acids is 1. The van der Waals surface area contributed by atoms with Crippen molar-refractivity contribution in [3.05, 3.63) is 100 Å². The van der Waals surface area contributed by atoms with Crippen LogP contribution in [0.3, 0.4) is 0 Å². The predicted molar refractivity (Wildman–Crippen MR) is 184 cm³/mol. The second-order valence-electron chi connectivity index (χ2n) is 13.2. The highest BCUT2D eigenvalue weighted by molar-refractivity contribution is 5.73. The van der Waals surface area contributed by atoms with Crippen LogP contribution in [0, 0.1) is 13.8 Å². The van der Waals surface area contributed by atoms with Gasteiger partial charge < -0.3 is 19.5 Å². The second-order valence-corrected chi connectivity index (χ2v) is 13.2. The van der Waals surface area contributed by atoms with Crippen LogP contribution in [0.15, 0.2) is 67.0 Å². The molecule has 1 fully saturated rings. The van der Waals surface area contributed by atoms with Crippen LogP contribution in [0.25, 0.3) is 11.1 Å². The van der Waals surface area contributed by atoms with Gasteiger partial charge in [-0.1, -0.05) is 49.7 Å². The Balaban J connectivity index is 1.55. The lowest BCUT2D eigenvalue weighted by Gasteiger charge is -2.26. The van der Waals surface area contributed by atoms with Crippen molar-refractivity contribution in [1.82, 2.24) is 9.97 Å². The molecule has 7 nitrogen and oxygen atoms in total. The molecule has 3 aromatic carbocycles. The van der Waals surface area contributed by atoms with Crippen LogP contribution in [-0.2, 0) is 24.1 Å². The van der Waals surface area contributed by atoms with Gasteiger partial charge in [0, 0.05) is 19.5 Å². The summed E-state index contributed by atoms with van der Waals surface area (Å²) in [6.07, 6.45) is 3.27. The molecule has 1 aromatic heterocycles. The summed E-state index contributed by atoms with van der Waals surface area (Å²) in [7, 11) is 0. The van der Waals surface area contributed by atoms with Crippen molar-refractivity contribution in [2.24, 2.45) is 0 Å². The molecular weight excluding hydrogens is 631 g/mol. The molecule has 0 bridgehead atoms. The smallest absolute Gasteiger partial charge is 0.416 e. The topological polar surface area (TPSA) is 84.8 Å². The Morgan fingerprint density at radius 2 is 1.67 bits per heavy atom. The maximum Gasteiger partial charge on any atom is 0.416 e. The number of benzene rings is 3. The van der Waals surface area contributed by atoms with E-state index in [1.807, 2.05) is 17.0 Å². The van der Waals surface area contributed by atoms with Gasteiger partial charge in [-0.15, -0.1) is 0 Å². The number of halogens is 3. The molecule has 0 radical (unpaired) electrons. The highest BCUT2D eigenvalue weighted by Gasteiger charge is 2.31. The fourth-order valence-corrected chi connectivity index (χ4v) is 6.23. The van der Waals surface area contributed by atoms with E-state index < -0.39 is 17.7 Å². The average Bonchev–Trinajstić information content (AvgIpc) is 3.56. The Labute approximate surface area is 286 Å². The van der Waals surface area contributed by atoms with Crippen LogP contribution < -0.4 is 14.4 Å². The van der Waals surface area contributed by atoms with Crippen molar-refractivity contribution in [2.45, 2.75) is 97.5 Å². The molecule has 0 atom stereocenters. The number of alkyl halides is 3. The first-order valence-corrected chi connectivity index (χ1v) is 16.9. The minimum absolute atomic E-state index is 0.0193. The third-order valence-corrected chi connectivity index (χ3v) is 8.80. The number of hydrogen-bond donors (Lipinski definition) is 1. The average molecular weight is 676 g/mol. The standard InChI is InChI=1S/C39H44F3N3O4/c1-25(2)29-12-11-27(4)36(20-29)35-14-13-33(49-32-8-5-6-9-32)19-30(35)24-45(23-28-16-26(3)17-31(18-28)39(40,41)42)38-43-21-34(22-44-38)48-15-7-10-37(46)47/h11-14,16-22,25,32H,5-10,15,23-24H2,1-4H3,(H,46,47). The molecule has 0 spiro atoms. The minimum atomic E-state index is -4.49. The summed E-state index contributed by atoms with van der Waals surface area (Å²) in [5.41, 5.74) is 5.60. The molecule has 0 amide bonds. The molecule has 10 heteroatoms. The van der Waals surface area contributed by atoms with E-state index in [0.29, 0.717) is 35.2 Å². The largest absolute Gasteiger partial charge is 0.490 e. The fourth-order valence-electron chi connectivity index (χ4n) is 6.23. The van der Waals surface area contributed by atoms with Crippen LogP contribution in [0.1, 0.15) is 91.7 Å². The number of aromatic nitrogens is 2. The van der Waals surface area contributed by atoms with Crippen LogP contribution in [0.4, 0.5) is 19.1 Å². The number of carboxylic acids is 1. The molecule has 0 aliphatic heterocycles. The third-order valence-electron chi connectivity index (χ3n) is 8.80. The predicted octanol–water partition coefficient (Wildman–Crippen LogP) is 9.67. The van der Waals surface area contributed by atoms with Crippen LogP contribution in [-0.4, -0.2) is 33.8 Å². The molecule has 49 heavy (non-hydrogen) atoms. The van der Waals surface area contributed by atoms with Gasteiger partial charge in [0.2, 0.25) is 5.95 Å². The molecule has 1 N–H and O–H groups in total. The van der Waals surface area contributed by atoms with Crippen molar-refractivity contribution < 1.29 is 32.5 Å². The van der Waals surface area contributed by atoms with Crippen LogP contribution in [0.2, 0.25) is 0 Å². The minimum Gasteiger partial charge on any atom is -0.490 e. The first-order valence-electron chi connectivity index (χ1n) is 16.9. The third kappa shape index (κ3) is 9.74. The Morgan fingerprint density at radius 3 is 2.35 bits per heavy atom. The van der Waals surface area contributed by atoms with Gasteiger partial charge in [-0.05, 0) is 110 Å². The Bertz CT molecular complexity index is 1730. The number of anilines is 1. The second kappa shape index (κ2) is 15.7. The van der Waals surface area contributed by atoms with Crippen molar-refractivity contribution >= 4 is 11.9 Å².